The molecule has 0 heterocycles. The second kappa shape index (κ2) is 3.13. The van der Waals surface area contributed by atoms with Crippen molar-refractivity contribution in [2.45, 2.75) is 38.2 Å². The van der Waals surface area contributed by atoms with Crippen LogP contribution >= 0.6 is 0 Å². The van der Waals surface area contributed by atoms with Gasteiger partial charge in [0.15, 0.2) is 0 Å². The highest BCUT2D eigenvalue weighted by Crippen LogP contribution is 2.40. The average molecular weight is 175 g/mol. The van der Waals surface area contributed by atoms with Crippen LogP contribution in [0.5, 0.6) is 0 Å². The zero-order valence-corrected chi connectivity index (χ0v) is 7.32. The second-order valence-corrected chi connectivity index (χ2v) is 3.73. The molecule has 0 saturated heterocycles. The lowest BCUT2D eigenvalue weighted by atomic mass is 9.94. The Labute approximate surface area is 71.6 Å². The predicted molar refractivity (Wildman–Crippen MR) is 45.1 cm³/mol. The molecule has 1 aliphatic carbocycles. The van der Waals surface area contributed by atoms with E-state index in [-0.39, 0.29) is 24.8 Å². The van der Waals surface area contributed by atoms with Crippen molar-refractivity contribution in [2.24, 2.45) is 11.7 Å². The minimum Gasteiger partial charge on any atom is -0.324 e. The third-order valence-electron chi connectivity index (χ3n) is 2.52. The maximum absolute atomic E-state index is 12.7. The second-order valence-electron chi connectivity index (χ2n) is 3.73. The molecule has 70 valence electrons. The molecule has 0 aromatic rings. The maximum atomic E-state index is 12.7. The summed E-state index contributed by atoms with van der Waals surface area (Å²) in [5, 5.41) is 0. The predicted octanol–water partition coefficient (Wildman–Crippen LogP) is 2.33. The molecule has 1 nitrogen and oxygen atoms in total. The first-order chi connectivity index (χ1) is 5.42. The lowest BCUT2D eigenvalue weighted by molar-refractivity contribution is 0.00443. The van der Waals surface area contributed by atoms with Gasteiger partial charge in [0.1, 0.15) is 0 Å². The van der Waals surface area contributed by atoms with E-state index in [1.54, 1.807) is 6.92 Å². The molecule has 0 aromatic heterocycles. The summed E-state index contributed by atoms with van der Waals surface area (Å²) in [6.45, 7) is 5.47. The SMILES string of the molecule is C=C(C)C(N)C1CCC(F)(F)C1. The third kappa shape index (κ3) is 2.03. The molecule has 2 atom stereocenters. The fraction of sp³-hybridized carbons (Fsp3) is 0.778. The van der Waals surface area contributed by atoms with Crippen LogP contribution in [-0.2, 0) is 0 Å². The molecule has 1 saturated carbocycles. The minimum atomic E-state index is -2.49. The van der Waals surface area contributed by atoms with Gasteiger partial charge in [0, 0.05) is 18.9 Å². The van der Waals surface area contributed by atoms with Crippen LogP contribution < -0.4 is 5.73 Å². The van der Waals surface area contributed by atoms with Crippen molar-refractivity contribution in [1.29, 1.82) is 0 Å². The van der Waals surface area contributed by atoms with E-state index < -0.39 is 5.92 Å². The first kappa shape index (κ1) is 9.65. The Balaban J connectivity index is 2.52. The Hall–Kier alpha value is -0.440. The highest BCUT2D eigenvalue weighted by Gasteiger charge is 2.41. The van der Waals surface area contributed by atoms with Gasteiger partial charge < -0.3 is 5.73 Å². The van der Waals surface area contributed by atoms with Crippen LogP contribution in [0.4, 0.5) is 8.78 Å². The summed E-state index contributed by atoms with van der Waals surface area (Å²) in [5.74, 6) is -2.56. The number of halogens is 2. The van der Waals surface area contributed by atoms with Crippen molar-refractivity contribution in [3.05, 3.63) is 12.2 Å². The van der Waals surface area contributed by atoms with Crippen molar-refractivity contribution < 1.29 is 8.78 Å². The molecule has 2 N–H and O–H groups in total. The highest BCUT2D eigenvalue weighted by molar-refractivity contribution is 5.05. The van der Waals surface area contributed by atoms with Crippen LogP contribution in [0.15, 0.2) is 12.2 Å². The summed E-state index contributed by atoms with van der Waals surface area (Å²) in [4.78, 5) is 0. The van der Waals surface area contributed by atoms with Crippen molar-refractivity contribution in [3.63, 3.8) is 0 Å². The van der Waals surface area contributed by atoms with Gasteiger partial charge >= 0.3 is 0 Å². The summed E-state index contributed by atoms with van der Waals surface area (Å²) in [5.41, 5.74) is 6.51. The van der Waals surface area contributed by atoms with E-state index in [4.69, 9.17) is 5.73 Å². The Kier molecular flexibility index (Phi) is 2.52. The van der Waals surface area contributed by atoms with E-state index in [2.05, 4.69) is 6.58 Å². The lowest BCUT2D eigenvalue weighted by Gasteiger charge is -2.18. The van der Waals surface area contributed by atoms with Crippen molar-refractivity contribution >= 4 is 0 Å². The zero-order valence-electron chi connectivity index (χ0n) is 7.32. The summed E-state index contributed by atoms with van der Waals surface area (Å²) < 4.78 is 25.5. The number of alkyl halides is 2. The topological polar surface area (TPSA) is 26.0 Å². The molecule has 0 aliphatic heterocycles. The van der Waals surface area contributed by atoms with Crippen molar-refractivity contribution in [1.82, 2.24) is 0 Å². The number of nitrogens with two attached hydrogens (primary N) is 1. The average Bonchev–Trinajstić information content (AvgIpc) is 2.28. The van der Waals surface area contributed by atoms with Gasteiger partial charge in [0.25, 0.3) is 0 Å². The van der Waals surface area contributed by atoms with Crippen LogP contribution in [0.1, 0.15) is 26.2 Å². The van der Waals surface area contributed by atoms with Gasteiger partial charge in [-0.15, -0.1) is 0 Å². The van der Waals surface area contributed by atoms with E-state index in [9.17, 15) is 8.78 Å². The van der Waals surface area contributed by atoms with Gasteiger partial charge in [0.05, 0.1) is 0 Å². The summed E-state index contributed by atoms with van der Waals surface area (Å²) in [6.07, 6.45) is 0.445. The quantitative estimate of drug-likeness (QED) is 0.640. The first-order valence-electron chi connectivity index (χ1n) is 4.21. The van der Waals surface area contributed by atoms with Gasteiger partial charge in [-0.3, -0.25) is 0 Å². The number of hydrogen-bond acceptors (Lipinski definition) is 1. The molecule has 0 spiro atoms. The van der Waals surface area contributed by atoms with E-state index in [0.717, 1.165) is 5.57 Å². The summed E-state index contributed by atoms with van der Waals surface area (Å²) in [7, 11) is 0. The van der Waals surface area contributed by atoms with Crippen LogP contribution in [0.2, 0.25) is 0 Å². The van der Waals surface area contributed by atoms with Crippen LogP contribution in [0.25, 0.3) is 0 Å². The van der Waals surface area contributed by atoms with Crippen LogP contribution in [0.3, 0.4) is 0 Å². The smallest absolute Gasteiger partial charge is 0.248 e. The summed E-state index contributed by atoms with van der Waals surface area (Å²) >= 11 is 0. The van der Waals surface area contributed by atoms with E-state index in [1.165, 1.54) is 0 Å². The zero-order chi connectivity index (χ0) is 9.35. The lowest BCUT2D eigenvalue weighted by Crippen LogP contribution is -2.30. The molecule has 0 amide bonds. The Bertz CT molecular complexity index is 189. The molecular formula is C9H15F2N. The van der Waals surface area contributed by atoms with Crippen LogP contribution in [0, 0.1) is 5.92 Å². The normalized spacial score (nSPS) is 30.2. The van der Waals surface area contributed by atoms with E-state index >= 15 is 0 Å². The van der Waals surface area contributed by atoms with E-state index in [0.29, 0.717) is 6.42 Å². The van der Waals surface area contributed by atoms with Crippen LogP contribution in [-0.4, -0.2) is 12.0 Å². The molecular weight excluding hydrogens is 160 g/mol. The molecule has 2 unspecified atom stereocenters. The first-order valence-corrected chi connectivity index (χ1v) is 4.21. The molecule has 1 rings (SSSR count). The Morgan fingerprint density at radius 2 is 2.25 bits per heavy atom. The highest BCUT2D eigenvalue weighted by atomic mass is 19.3. The fourth-order valence-electron chi connectivity index (χ4n) is 1.69. The standard InChI is InChI=1S/C9H15F2N/c1-6(2)8(12)7-3-4-9(10,11)5-7/h7-8H,1,3-5,12H2,2H3. The van der Waals surface area contributed by atoms with Gasteiger partial charge in [-0.25, -0.2) is 8.78 Å². The number of rotatable bonds is 2. The minimum absolute atomic E-state index is 0.0152. The van der Waals surface area contributed by atoms with E-state index in [1.807, 2.05) is 0 Å². The van der Waals surface area contributed by atoms with Gasteiger partial charge in [-0.05, 0) is 19.3 Å². The molecule has 1 aliphatic rings. The maximum Gasteiger partial charge on any atom is 0.248 e. The molecule has 0 aromatic carbocycles. The monoisotopic (exact) mass is 175 g/mol. The van der Waals surface area contributed by atoms with Gasteiger partial charge in [-0.1, -0.05) is 12.2 Å². The Morgan fingerprint density at radius 1 is 1.67 bits per heavy atom. The Morgan fingerprint density at radius 3 is 2.58 bits per heavy atom. The molecule has 12 heavy (non-hydrogen) atoms. The fourth-order valence-corrected chi connectivity index (χ4v) is 1.69. The third-order valence-corrected chi connectivity index (χ3v) is 2.52. The largest absolute Gasteiger partial charge is 0.324 e. The molecule has 0 radical (unpaired) electrons. The summed E-state index contributed by atoms with van der Waals surface area (Å²) in [6, 6.07) is -0.252. The molecule has 0 bridgehead atoms. The van der Waals surface area contributed by atoms with Gasteiger partial charge in [-0.2, -0.15) is 0 Å². The number of hydrogen-bond donors (Lipinski definition) is 1. The van der Waals surface area contributed by atoms with Crippen molar-refractivity contribution in [3.8, 4) is 0 Å². The van der Waals surface area contributed by atoms with Gasteiger partial charge in [0.2, 0.25) is 5.92 Å². The molecule has 3 heteroatoms. The van der Waals surface area contributed by atoms with Crippen molar-refractivity contribution in [2.75, 3.05) is 0 Å². The molecule has 1 fully saturated rings.